The molecular weight excluding hydrogens is 297 g/mol. The predicted octanol–water partition coefficient (Wildman–Crippen LogP) is 2.77. The van der Waals surface area contributed by atoms with Crippen LogP contribution in [0.1, 0.15) is 18.4 Å². The van der Waals surface area contributed by atoms with Gasteiger partial charge in [0.15, 0.2) is 0 Å². The van der Waals surface area contributed by atoms with Gasteiger partial charge in [0.05, 0.1) is 17.1 Å². The van der Waals surface area contributed by atoms with Gasteiger partial charge in [-0.15, -0.1) is 13.2 Å². The molecule has 2 rings (SSSR count). The highest BCUT2D eigenvalue weighted by molar-refractivity contribution is 7.86. The monoisotopic (exact) mass is 310 g/mol. The lowest BCUT2D eigenvalue weighted by molar-refractivity contribution is -0.355. The van der Waals surface area contributed by atoms with E-state index in [9.17, 15) is 21.6 Å². The third-order valence-electron chi connectivity index (χ3n) is 2.92. The number of hydrogen-bond acceptors (Lipinski definition) is 4. The molecule has 0 aromatic heterocycles. The highest BCUT2D eigenvalue weighted by Crippen LogP contribution is 2.33. The summed E-state index contributed by atoms with van der Waals surface area (Å²) in [4.78, 5) is -0.0108. The average Bonchev–Trinajstić information content (AvgIpc) is 2.24. The van der Waals surface area contributed by atoms with Crippen LogP contribution in [0.5, 0.6) is 0 Å². The van der Waals surface area contributed by atoms with Crippen molar-refractivity contribution in [2.75, 3.05) is 0 Å². The van der Waals surface area contributed by atoms with Gasteiger partial charge >= 0.3 is 6.36 Å². The zero-order valence-corrected chi connectivity index (χ0v) is 11.4. The van der Waals surface area contributed by atoms with Gasteiger partial charge in [-0.2, -0.15) is 8.42 Å². The van der Waals surface area contributed by atoms with Crippen LogP contribution in [-0.4, -0.2) is 27.0 Å². The van der Waals surface area contributed by atoms with E-state index in [0.29, 0.717) is 0 Å². The van der Waals surface area contributed by atoms with Crippen molar-refractivity contribution in [2.24, 2.45) is 0 Å². The van der Waals surface area contributed by atoms with Gasteiger partial charge in [-0.25, -0.2) is 0 Å². The van der Waals surface area contributed by atoms with Crippen LogP contribution in [0.15, 0.2) is 29.2 Å². The van der Waals surface area contributed by atoms with E-state index in [1.807, 2.05) is 6.92 Å². The number of benzene rings is 1. The smallest absolute Gasteiger partial charge is 0.288 e. The normalized spacial score (nSPS) is 23.4. The maximum atomic E-state index is 11.9. The number of alkyl halides is 3. The minimum absolute atomic E-state index is 0.0108. The maximum absolute atomic E-state index is 11.9. The molecule has 0 aliphatic heterocycles. The second kappa shape index (κ2) is 5.34. The second-order valence-electron chi connectivity index (χ2n) is 4.64. The van der Waals surface area contributed by atoms with E-state index in [2.05, 4.69) is 4.74 Å². The van der Waals surface area contributed by atoms with Crippen molar-refractivity contribution in [3.63, 3.8) is 0 Å². The van der Waals surface area contributed by atoms with Crippen LogP contribution in [-0.2, 0) is 19.0 Å². The fourth-order valence-electron chi connectivity index (χ4n) is 1.82. The van der Waals surface area contributed by atoms with Gasteiger partial charge < -0.3 is 0 Å². The van der Waals surface area contributed by atoms with E-state index in [-0.39, 0.29) is 17.7 Å². The van der Waals surface area contributed by atoms with E-state index in [1.54, 1.807) is 12.1 Å². The molecule has 4 nitrogen and oxygen atoms in total. The minimum atomic E-state index is -4.70. The lowest BCUT2D eigenvalue weighted by atomic mass is 9.92. The summed E-state index contributed by atoms with van der Waals surface area (Å²) in [6.07, 6.45) is -6.69. The van der Waals surface area contributed by atoms with Gasteiger partial charge in [-0.3, -0.25) is 8.92 Å². The molecule has 1 fully saturated rings. The summed E-state index contributed by atoms with van der Waals surface area (Å²) in [5.41, 5.74) is 0.895. The van der Waals surface area contributed by atoms with Crippen molar-refractivity contribution in [1.82, 2.24) is 0 Å². The molecule has 1 aliphatic carbocycles. The first-order valence-corrected chi connectivity index (χ1v) is 7.31. The first kappa shape index (κ1) is 15.3. The molecule has 0 atom stereocenters. The van der Waals surface area contributed by atoms with Crippen LogP contribution in [0.2, 0.25) is 0 Å². The first-order valence-electron chi connectivity index (χ1n) is 5.90. The number of rotatable bonds is 4. The van der Waals surface area contributed by atoms with Gasteiger partial charge in [0, 0.05) is 12.8 Å². The molecule has 0 N–H and O–H groups in total. The van der Waals surface area contributed by atoms with Crippen LogP contribution < -0.4 is 0 Å². The van der Waals surface area contributed by atoms with Crippen molar-refractivity contribution in [3.05, 3.63) is 29.8 Å². The largest absolute Gasteiger partial charge is 0.522 e. The Hall–Kier alpha value is -1.12. The first-order chi connectivity index (χ1) is 9.16. The molecule has 20 heavy (non-hydrogen) atoms. The molecule has 0 spiro atoms. The van der Waals surface area contributed by atoms with Crippen LogP contribution in [0.4, 0.5) is 13.2 Å². The molecule has 0 unspecified atom stereocenters. The van der Waals surface area contributed by atoms with Crippen LogP contribution >= 0.6 is 0 Å². The van der Waals surface area contributed by atoms with Crippen molar-refractivity contribution < 1.29 is 30.5 Å². The minimum Gasteiger partial charge on any atom is -0.288 e. The molecule has 8 heteroatoms. The molecule has 0 heterocycles. The van der Waals surface area contributed by atoms with Gasteiger partial charge in [-0.05, 0) is 19.1 Å². The van der Waals surface area contributed by atoms with E-state index in [0.717, 1.165) is 5.56 Å². The molecule has 1 saturated carbocycles. The number of hydrogen-bond donors (Lipinski definition) is 0. The fraction of sp³-hybridized carbons (Fsp3) is 0.500. The van der Waals surface area contributed by atoms with Crippen molar-refractivity contribution in [3.8, 4) is 0 Å². The van der Waals surface area contributed by atoms with Crippen LogP contribution in [0.3, 0.4) is 0 Å². The second-order valence-corrected chi connectivity index (χ2v) is 6.21. The van der Waals surface area contributed by atoms with Gasteiger partial charge in [0.25, 0.3) is 10.1 Å². The predicted molar refractivity (Wildman–Crippen MR) is 63.4 cm³/mol. The lowest BCUT2D eigenvalue weighted by Gasteiger charge is -2.34. The molecule has 112 valence electrons. The van der Waals surface area contributed by atoms with E-state index >= 15 is 0 Å². The van der Waals surface area contributed by atoms with Crippen molar-refractivity contribution in [2.45, 2.75) is 43.2 Å². The summed E-state index contributed by atoms with van der Waals surface area (Å²) in [7, 11) is -3.94. The Labute approximate surface area is 114 Å². The summed E-state index contributed by atoms with van der Waals surface area (Å²) in [5.74, 6) is 0. The van der Waals surface area contributed by atoms with Gasteiger partial charge in [0.2, 0.25) is 0 Å². The highest BCUT2D eigenvalue weighted by atomic mass is 32.2. The molecule has 1 aromatic rings. The highest BCUT2D eigenvalue weighted by Gasteiger charge is 2.42. The standard InChI is InChI=1S/C12H13F3O4S/c1-8-2-4-11(5-3-8)20(16,17)19-10-6-9(7-10)18-12(13,14)15/h2-5,9-10H,6-7H2,1H3. The Bertz CT molecular complexity index is 559. The summed E-state index contributed by atoms with van der Waals surface area (Å²) in [6.45, 7) is 1.81. The fourth-order valence-corrected chi connectivity index (χ4v) is 2.92. The molecule has 1 aromatic carbocycles. The molecular formula is C12H13F3O4S. The summed E-state index contributed by atoms with van der Waals surface area (Å²) >= 11 is 0. The lowest BCUT2D eigenvalue weighted by Crippen LogP contribution is -2.41. The molecule has 1 aliphatic rings. The zero-order valence-electron chi connectivity index (χ0n) is 10.6. The number of halogens is 3. The Balaban J connectivity index is 1.90. The Morgan fingerprint density at radius 2 is 1.65 bits per heavy atom. The quantitative estimate of drug-likeness (QED) is 0.803. The molecule has 0 amide bonds. The topological polar surface area (TPSA) is 52.6 Å². The molecule has 0 radical (unpaired) electrons. The van der Waals surface area contributed by atoms with Crippen molar-refractivity contribution in [1.29, 1.82) is 0 Å². The SMILES string of the molecule is Cc1ccc(S(=O)(=O)OC2CC(OC(F)(F)F)C2)cc1. The van der Waals surface area contributed by atoms with Gasteiger partial charge in [-0.1, -0.05) is 17.7 Å². The third-order valence-corrected chi connectivity index (χ3v) is 4.30. The van der Waals surface area contributed by atoms with Crippen molar-refractivity contribution >= 4 is 10.1 Å². The molecule has 0 bridgehead atoms. The third kappa shape index (κ3) is 3.94. The van der Waals surface area contributed by atoms with Crippen LogP contribution in [0.25, 0.3) is 0 Å². The van der Waals surface area contributed by atoms with E-state index in [1.165, 1.54) is 12.1 Å². The average molecular weight is 310 g/mol. The summed E-state index contributed by atoms with van der Waals surface area (Å²) in [5, 5.41) is 0. The maximum Gasteiger partial charge on any atom is 0.522 e. The van der Waals surface area contributed by atoms with Gasteiger partial charge in [0.1, 0.15) is 0 Å². The number of ether oxygens (including phenoxy) is 1. The summed E-state index contributed by atoms with van der Waals surface area (Å²) in [6, 6.07) is 6.03. The Morgan fingerprint density at radius 1 is 1.10 bits per heavy atom. The Kier molecular flexibility index (Phi) is 4.08. The van der Waals surface area contributed by atoms with Crippen LogP contribution in [0, 0.1) is 6.92 Å². The van der Waals surface area contributed by atoms with E-state index < -0.39 is 28.7 Å². The zero-order chi connectivity index (χ0) is 15.0. The Morgan fingerprint density at radius 3 is 2.15 bits per heavy atom. The molecule has 0 saturated heterocycles. The summed E-state index contributed by atoms with van der Waals surface area (Å²) < 4.78 is 68.1. The van der Waals surface area contributed by atoms with E-state index in [4.69, 9.17) is 4.18 Å². The number of aryl methyl sites for hydroxylation is 1.